The highest BCUT2D eigenvalue weighted by Crippen LogP contribution is 2.27. The number of hydrogen-bond acceptors (Lipinski definition) is 5. The number of nitrogens with zero attached hydrogens (tertiary/aromatic N) is 2. The maximum atomic E-state index is 13.1. The van der Waals surface area contributed by atoms with Crippen LogP contribution in [0, 0.1) is 11.3 Å². The molecular formula is C22H19ClN3O3S+. The highest BCUT2D eigenvalue weighted by molar-refractivity contribution is 7.95. The molecule has 152 valence electrons. The minimum atomic E-state index is -3.98. The Labute approximate surface area is 179 Å². The van der Waals surface area contributed by atoms with Crippen molar-refractivity contribution >= 4 is 44.2 Å². The standard InChI is InChI=1S/C22H18ClN3O3S/c23-18-5-7-19(8-6-18)30(27,28)20(15-24)14-17-13-16-3-1-2-4-21(16)25-22(17)26-9-11-29-12-10-26/h1-8,13-14H,9-12H2/p+1/b20-14+. The number of anilines is 1. The summed E-state index contributed by atoms with van der Waals surface area (Å²) in [5, 5.41) is 11.0. The van der Waals surface area contributed by atoms with Crippen molar-refractivity contribution in [3.05, 3.63) is 70.1 Å². The predicted molar refractivity (Wildman–Crippen MR) is 116 cm³/mol. The molecule has 1 saturated heterocycles. The maximum absolute atomic E-state index is 13.1. The summed E-state index contributed by atoms with van der Waals surface area (Å²) in [5.41, 5.74) is 1.56. The van der Waals surface area contributed by atoms with E-state index in [0.29, 0.717) is 36.9 Å². The largest absolute Gasteiger partial charge is 0.373 e. The Bertz CT molecular complexity index is 1260. The number of halogens is 1. The summed E-state index contributed by atoms with van der Waals surface area (Å²) in [6, 6.07) is 17.3. The number of rotatable bonds is 4. The Morgan fingerprint density at radius 2 is 1.83 bits per heavy atom. The lowest BCUT2D eigenvalue weighted by Gasteiger charge is -2.22. The molecule has 6 nitrogen and oxygen atoms in total. The van der Waals surface area contributed by atoms with Crippen molar-refractivity contribution in [1.82, 2.24) is 0 Å². The molecule has 1 aliphatic heterocycles. The Morgan fingerprint density at radius 3 is 2.53 bits per heavy atom. The lowest BCUT2D eigenvalue weighted by Crippen LogP contribution is -2.40. The molecule has 0 atom stereocenters. The Morgan fingerprint density at radius 1 is 1.13 bits per heavy atom. The molecule has 1 aliphatic rings. The van der Waals surface area contributed by atoms with Crippen molar-refractivity contribution in [2.45, 2.75) is 4.90 Å². The molecule has 30 heavy (non-hydrogen) atoms. The van der Waals surface area contributed by atoms with Gasteiger partial charge in [-0.1, -0.05) is 29.8 Å². The number of nitrogens with one attached hydrogen (secondary N) is 1. The average molecular weight is 441 g/mol. The third-order valence-electron chi connectivity index (χ3n) is 4.94. The van der Waals surface area contributed by atoms with Crippen LogP contribution in [0.3, 0.4) is 0 Å². The monoisotopic (exact) mass is 440 g/mol. The Balaban J connectivity index is 1.86. The first-order valence-electron chi connectivity index (χ1n) is 9.39. The molecule has 0 amide bonds. The van der Waals surface area contributed by atoms with Crippen molar-refractivity contribution in [2.75, 3.05) is 31.2 Å². The number of ether oxygens (including phenoxy) is 1. The van der Waals surface area contributed by atoms with E-state index in [1.54, 1.807) is 0 Å². The van der Waals surface area contributed by atoms with Crippen LogP contribution in [0.25, 0.3) is 17.0 Å². The highest BCUT2D eigenvalue weighted by atomic mass is 35.5. The number of aromatic amines is 1. The molecule has 0 radical (unpaired) electrons. The molecule has 1 aromatic heterocycles. The van der Waals surface area contributed by atoms with Crippen LogP contribution in [0.1, 0.15) is 5.56 Å². The van der Waals surface area contributed by atoms with Crippen molar-refractivity contribution < 1.29 is 18.1 Å². The lowest BCUT2D eigenvalue weighted by molar-refractivity contribution is -0.331. The van der Waals surface area contributed by atoms with Gasteiger partial charge >= 0.3 is 0 Å². The van der Waals surface area contributed by atoms with Gasteiger partial charge in [0, 0.05) is 10.4 Å². The van der Waals surface area contributed by atoms with Crippen LogP contribution in [0.15, 0.2) is 64.4 Å². The summed E-state index contributed by atoms with van der Waals surface area (Å²) in [7, 11) is -3.98. The van der Waals surface area contributed by atoms with Gasteiger partial charge in [0.2, 0.25) is 9.84 Å². The van der Waals surface area contributed by atoms with Crippen LogP contribution in [0.2, 0.25) is 5.02 Å². The first kappa shape index (κ1) is 20.4. The van der Waals surface area contributed by atoms with Crippen molar-refractivity contribution in [1.29, 1.82) is 5.26 Å². The van der Waals surface area contributed by atoms with Gasteiger partial charge in [0.25, 0.3) is 5.82 Å². The van der Waals surface area contributed by atoms with Crippen LogP contribution in [-0.4, -0.2) is 34.7 Å². The SMILES string of the molecule is N#C/C(=C\c1cc2ccccc2[nH+]c1N1CCOCC1)S(=O)(=O)c1ccc(Cl)cc1. The maximum Gasteiger partial charge on any atom is 0.282 e. The number of benzene rings is 2. The zero-order valence-corrected chi connectivity index (χ0v) is 17.6. The number of fused-ring (bicyclic) bond motifs is 1. The summed E-state index contributed by atoms with van der Waals surface area (Å²) in [5.74, 6) is 0.760. The van der Waals surface area contributed by atoms with E-state index in [2.05, 4.69) is 9.88 Å². The van der Waals surface area contributed by atoms with Crippen LogP contribution in [-0.2, 0) is 14.6 Å². The van der Waals surface area contributed by atoms with E-state index in [1.807, 2.05) is 36.4 Å². The number of sulfone groups is 1. The molecule has 0 unspecified atom stereocenters. The fourth-order valence-electron chi connectivity index (χ4n) is 3.38. The molecule has 3 aromatic rings. The van der Waals surface area contributed by atoms with E-state index in [1.165, 1.54) is 30.3 Å². The van der Waals surface area contributed by atoms with Gasteiger partial charge in [-0.25, -0.2) is 13.4 Å². The fourth-order valence-corrected chi connectivity index (χ4v) is 4.66. The molecule has 2 aromatic carbocycles. The van der Waals surface area contributed by atoms with Crippen LogP contribution in [0.4, 0.5) is 5.82 Å². The van der Waals surface area contributed by atoms with Crippen molar-refractivity contribution in [2.24, 2.45) is 0 Å². The van der Waals surface area contributed by atoms with E-state index in [9.17, 15) is 13.7 Å². The van der Waals surface area contributed by atoms with Crippen LogP contribution >= 0.6 is 11.6 Å². The van der Waals surface area contributed by atoms with Gasteiger partial charge in [0.1, 0.15) is 29.6 Å². The number of H-pyrrole nitrogens is 1. The van der Waals surface area contributed by atoms with E-state index < -0.39 is 9.84 Å². The second-order valence-corrected chi connectivity index (χ2v) is 9.19. The fraction of sp³-hybridized carbons (Fsp3) is 0.182. The molecule has 8 heteroatoms. The molecule has 0 bridgehead atoms. The number of morpholine rings is 1. The van der Waals surface area contributed by atoms with Crippen LogP contribution in [0.5, 0.6) is 0 Å². The summed E-state index contributed by atoms with van der Waals surface area (Å²) < 4.78 is 31.5. The molecular weight excluding hydrogens is 422 g/mol. The molecule has 4 rings (SSSR count). The van der Waals surface area contributed by atoms with Gasteiger partial charge in [-0.3, -0.25) is 4.90 Å². The Hall–Kier alpha value is -2.92. The summed E-state index contributed by atoms with van der Waals surface area (Å²) in [4.78, 5) is 5.20. The zero-order chi connectivity index (χ0) is 21.1. The molecule has 1 N–H and O–H groups in total. The molecule has 1 fully saturated rings. The second kappa shape index (κ2) is 8.44. The molecule has 0 saturated carbocycles. The van der Waals surface area contributed by atoms with Gasteiger partial charge in [0.15, 0.2) is 0 Å². The molecule has 0 spiro atoms. The van der Waals surface area contributed by atoms with E-state index >= 15 is 0 Å². The minimum absolute atomic E-state index is 0.0254. The number of para-hydroxylation sites is 1. The third kappa shape index (κ3) is 4.03. The summed E-state index contributed by atoms with van der Waals surface area (Å²) in [6.07, 6.45) is 1.43. The van der Waals surface area contributed by atoms with E-state index in [0.717, 1.165) is 16.7 Å². The topological polar surface area (TPSA) is 84.5 Å². The zero-order valence-electron chi connectivity index (χ0n) is 16.0. The second-order valence-electron chi connectivity index (χ2n) is 6.84. The van der Waals surface area contributed by atoms with Gasteiger partial charge in [0.05, 0.1) is 23.7 Å². The number of aromatic nitrogens is 1. The quantitative estimate of drug-likeness (QED) is 0.580. The average Bonchev–Trinajstić information content (AvgIpc) is 2.77. The number of pyridine rings is 1. The van der Waals surface area contributed by atoms with E-state index in [-0.39, 0.29) is 9.80 Å². The molecule has 0 aliphatic carbocycles. The van der Waals surface area contributed by atoms with Gasteiger partial charge in [-0.05, 0) is 42.5 Å². The normalized spacial score (nSPS) is 15.2. The van der Waals surface area contributed by atoms with Crippen molar-refractivity contribution in [3.63, 3.8) is 0 Å². The summed E-state index contributed by atoms with van der Waals surface area (Å²) in [6.45, 7) is 2.50. The minimum Gasteiger partial charge on any atom is -0.373 e. The van der Waals surface area contributed by atoms with Crippen LogP contribution < -0.4 is 9.88 Å². The smallest absolute Gasteiger partial charge is 0.282 e. The van der Waals surface area contributed by atoms with E-state index in [4.69, 9.17) is 16.3 Å². The number of nitriles is 1. The number of allylic oxidation sites excluding steroid dienone is 1. The highest BCUT2D eigenvalue weighted by Gasteiger charge is 2.26. The summed E-state index contributed by atoms with van der Waals surface area (Å²) >= 11 is 5.87. The predicted octanol–water partition coefficient (Wildman–Crippen LogP) is 3.48. The lowest BCUT2D eigenvalue weighted by atomic mass is 10.1. The van der Waals surface area contributed by atoms with Gasteiger partial charge in [-0.2, -0.15) is 5.26 Å². The Kier molecular flexibility index (Phi) is 5.73. The van der Waals surface area contributed by atoms with Gasteiger partial charge < -0.3 is 4.74 Å². The first-order valence-corrected chi connectivity index (χ1v) is 11.3. The third-order valence-corrected chi connectivity index (χ3v) is 6.87. The van der Waals surface area contributed by atoms with Gasteiger partial charge in [-0.15, -0.1) is 0 Å². The van der Waals surface area contributed by atoms with Crippen molar-refractivity contribution in [3.8, 4) is 6.07 Å². The number of hydrogen-bond donors (Lipinski definition) is 0. The molecule has 2 heterocycles. The first-order chi connectivity index (χ1) is 14.5.